The molecule has 1 heterocycles. The van der Waals surface area contributed by atoms with E-state index < -0.39 is 11.8 Å². The van der Waals surface area contributed by atoms with Gasteiger partial charge in [-0.3, -0.25) is 0 Å². The van der Waals surface area contributed by atoms with Crippen molar-refractivity contribution in [1.82, 2.24) is 9.78 Å². The van der Waals surface area contributed by atoms with E-state index in [-0.39, 0.29) is 18.0 Å². The molecule has 5 nitrogen and oxygen atoms in total. The maximum atomic E-state index is 13.7. The van der Waals surface area contributed by atoms with Crippen molar-refractivity contribution >= 4 is 5.97 Å². The van der Waals surface area contributed by atoms with Crippen molar-refractivity contribution in [2.45, 2.75) is 6.61 Å². The van der Waals surface area contributed by atoms with Gasteiger partial charge in [0.05, 0.1) is 7.11 Å². The van der Waals surface area contributed by atoms with E-state index >= 15 is 0 Å². The number of esters is 1. The fourth-order valence-corrected chi connectivity index (χ4v) is 2.24. The van der Waals surface area contributed by atoms with E-state index in [2.05, 4.69) is 5.10 Å². The second-order valence-corrected chi connectivity index (χ2v) is 4.98. The van der Waals surface area contributed by atoms with E-state index in [0.29, 0.717) is 5.75 Å². The lowest BCUT2D eigenvalue weighted by Gasteiger charge is -2.08. The summed E-state index contributed by atoms with van der Waals surface area (Å²) in [6.45, 7) is 0.0649. The lowest BCUT2D eigenvalue weighted by atomic mass is 10.2. The Morgan fingerprint density at radius 2 is 1.88 bits per heavy atom. The van der Waals surface area contributed by atoms with Gasteiger partial charge in [0.2, 0.25) is 0 Å². The molecule has 0 saturated carbocycles. The highest BCUT2D eigenvalue weighted by Crippen LogP contribution is 2.19. The molecule has 0 radical (unpaired) electrons. The monoisotopic (exact) mass is 326 g/mol. The van der Waals surface area contributed by atoms with Crippen LogP contribution in [0.2, 0.25) is 0 Å². The fraction of sp³-hybridized carbons (Fsp3) is 0.111. The summed E-state index contributed by atoms with van der Waals surface area (Å²) in [5.74, 6) is -0.368. The minimum atomic E-state index is -0.587. The molecule has 0 atom stereocenters. The molecule has 0 fully saturated rings. The predicted octanol–water partition coefficient (Wildman–Crippen LogP) is 3.38. The number of methoxy groups -OCH3 is 1. The van der Waals surface area contributed by atoms with Gasteiger partial charge in [0.15, 0.2) is 5.69 Å². The van der Waals surface area contributed by atoms with Crippen molar-refractivity contribution in [1.29, 1.82) is 0 Å². The van der Waals surface area contributed by atoms with Crippen LogP contribution in [0.1, 0.15) is 16.1 Å². The number of ether oxygens (including phenoxy) is 2. The molecule has 0 unspecified atom stereocenters. The molecular formula is C18H15FN2O3. The number of para-hydroxylation sites is 2. The van der Waals surface area contributed by atoms with Gasteiger partial charge in [0.1, 0.15) is 23.9 Å². The summed E-state index contributed by atoms with van der Waals surface area (Å²) in [5, 5.41) is 4.07. The average Bonchev–Trinajstić information content (AvgIpc) is 3.10. The van der Waals surface area contributed by atoms with E-state index in [1.54, 1.807) is 31.4 Å². The van der Waals surface area contributed by atoms with Gasteiger partial charge in [0.25, 0.3) is 0 Å². The van der Waals surface area contributed by atoms with Crippen LogP contribution < -0.4 is 4.74 Å². The number of halogens is 1. The number of benzene rings is 2. The van der Waals surface area contributed by atoms with Crippen LogP contribution >= 0.6 is 0 Å². The predicted molar refractivity (Wildman–Crippen MR) is 85.6 cm³/mol. The lowest BCUT2D eigenvalue weighted by Crippen LogP contribution is -2.08. The first-order valence-electron chi connectivity index (χ1n) is 7.28. The van der Waals surface area contributed by atoms with Crippen molar-refractivity contribution in [2.24, 2.45) is 0 Å². The number of carbonyl (C=O) groups excluding carboxylic acids is 1. The van der Waals surface area contributed by atoms with Crippen molar-refractivity contribution in [2.75, 3.05) is 7.11 Å². The maximum absolute atomic E-state index is 13.7. The van der Waals surface area contributed by atoms with Crippen LogP contribution in [0.25, 0.3) is 5.69 Å². The summed E-state index contributed by atoms with van der Waals surface area (Å²) in [5.41, 5.74) is 1.12. The highest BCUT2D eigenvalue weighted by Gasteiger charge is 2.14. The summed E-state index contributed by atoms with van der Waals surface area (Å²) < 4.78 is 25.5. The lowest BCUT2D eigenvalue weighted by molar-refractivity contribution is 0.0462. The molecule has 0 aliphatic carbocycles. The Morgan fingerprint density at radius 1 is 1.12 bits per heavy atom. The van der Waals surface area contributed by atoms with Crippen LogP contribution in [0.4, 0.5) is 4.39 Å². The van der Waals surface area contributed by atoms with Crippen molar-refractivity contribution in [3.8, 4) is 11.4 Å². The van der Waals surface area contributed by atoms with Gasteiger partial charge in [-0.05, 0) is 24.3 Å². The Bertz CT molecular complexity index is 861. The number of hydrogen-bond acceptors (Lipinski definition) is 4. The van der Waals surface area contributed by atoms with Crippen molar-refractivity contribution < 1.29 is 18.7 Å². The molecule has 0 aliphatic rings. The van der Waals surface area contributed by atoms with Gasteiger partial charge in [-0.25, -0.2) is 13.9 Å². The molecule has 24 heavy (non-hydrogen) atoms. The zero-order valence-corrected chi connectivity index (χ0v) is 13.0. The normalized spacial score (nSPS) is 10.4. The molecule has 0 amide bonds. The molecule has 0 aliphatic heterocycles. The van der Waals surface area contributed by atoms with Crippen molar-refractivity contribution in [3.05, 3.63) is 77.9 Å². The zero-order chi connectivity index (χ0) is 16.9. The van der Waals surface area contributed by atoms with Crippen LogP contribution in [0.5, 0.6) is 5.75 Å². The number of aromatic nitrogens is 2. The maximum Gasteiger partial charge on any atom is 0.359 e. The van der Waals surface area contributed by atoms with Crippen LogP contribution in [-0.4, -0.2) is 22.9 Å². The van der Waals surface area contributed by atoms with Crippen molar-refractivity contribution in [3.63, 3.8) is 0 Å². The van der Waals surface area contributed by atoms with E-state index in [1.165, 1.54) is 23.0 Å². The van der Waals surface area contributed by atoms with Crippen LogP contribution in [-0.2, 0) is 11.3 Å². The highest BCUT2D eigenvalue weighted by atomic mass is 19.1. The highest BCUT2D eigenvalue weighted by molar-refractivity contribution is 5.87. The van der Waals surface area contributed by atoms with Gasteiger partial charge >= 0.3 is 5.97 Å². The standard InChI is InChI=1S/C18H15FN2O3/c1-23-17-9-5-2-6-13(17)12-24-18(22)15-10-11-21(20-15)16-8-4-3-7-14(16)19/h2-11H,12H2,1H3. The number of hydrogen-bond donors (Lipinski definition) is 0. The third kappa shape index (κ3) is 3.27. The Morgan fingerprint density at radius 3 is 2.67 bits per heavy atom. The fourth-order valence-electron chi connectivity index (χ4n) is 2.24. The first-order chi connectivity index (χ1) is 11.7. The van der Waals surface area contributed by atoms with E-state index in [9.17, 15) is 9.18 Å². The Kier molecular flexibility index (Phi) is 4.56. The molecule has 3 rings (SSSR count). The molecule has 0 spiro atoms. The first-order valence-corrected chi connectivity index (χ1v) is 7.28. The van der Waals surface area contributed by atoms with Gasteiger partial charge in [-0.15, -0.1) is 0 Å². The Hall–Kier alpha value is -3.15. The van der Waals surface area contributed by atoms with Gasteiger partial charge < -0.3 is 9.47 Å². The summed E-state index contributed by atoms with van der Waals surface area (Å²) in [6.07, 6.45) is 1.51. The minimum absolute atomic E-state index is 0.0649. The van der Waals surface area contributed by atoms with Crippen LogP contribution in [0, 0.1) is 5.82 Å². The average molecular weight is 326 g/mol. The van der Waals surface area contributed by atoms with Crippen LogP contribution in [0.3, 0.4) is 0 Å². The summed E-state index contributed by atoms with van der Waals surface area (Å²) in [7, 11) is 1.55. The third-order valence-corrected chi connectivity index (χ3v) is 3.45. The van der Waals surface area contributed by atoms with Crippen LogP contribution in [0.15, 0.2) is 60.8 Å². The summed E-state index contributed by atoms with van der Waals surface area (Å²) in [4.78, 5) is 12.1. The van der Waals surface area contributed by atoms with Gasteiger partial charge in [-0.2, -0.15) is 5.10 Å². The van der Waals surface area contributed by atoms with Gasteiger partial charge in [0, 0.05) is 11.8 Å². The Balaban J connectivity index is 1.71. The topological polar surface area (TPSA) is 53.4 Å². The third-order valence-electron chi connectivity index (χ3n) is 3.45. The molecule has 122 valence electrons. The minimum Gasteiger partial charge on any atom is -0.496 e. The summed E-state index contributed by atoms with van der Waals surface area (Å²) >= 11 is 0. The second kappa shape index (κ2) is 6.95. The molecule has 3 aromatic rings. The Labute approximate surface area is 138 Å². The number of rotatable bonds is 5. The number of carbonyl (C=O) groups is 1. The first kappa shape index (κ1) is 15.7. The smallest absolute Gasteiger partial charge is 0.359 e. The van der Waals surface area contributed by atoms with E-state index in [1.807, 2.05) is 18.2 Å². The molecule has 0 saturated heterocycles. The van der Waals surface area contributed by atoms with E-state index in [0.717, 1.165) is 5.56 Å². The molecule has 1 aromatic heterocycles. The van der Waals surface area contributed by atoms with Gasteiger partial charge in [-0.1, -0.05) is 30.3 Å². The largest absolute Gasteiger partial charge is 0.496 e. The molecule has 2 aromatic carbocycles. The SMILES string of the molecule is COc1ccccc1COC(=O)c1ccn(-c2ccccc2F)n1. The summed E-state index contributed by atoms with van der Waals surface area (Å²) in [6, 6.07) is 14.9. The molecule has 0 N–H and O–H groups in total. The molecule has 0 bridgehead atoms. The quantitative estimate of drug-likeness (QED) is 0.675. The van der Waals surface area contributed by atoms with E-state index in [4.69, 9.17) is 9.47 Å². The molecular weight excluding hydrogens is 311 g/mol. The second-order valence-electron chi connectivity index (χ2n) is 4.98. The number of nitrogens with zero attached hydrogens (tertiary/aromatic N) is 2. The zero-order valence-electron chi connectivity index (χ0n) is 13.0. The molecule has 6 heteroatoms.